The third kappa shape index (κ3) is 4.74. The van der Waals surface area contributed by atoms with Gasteiger partial charge in [0.1, 0.15) is 5.82 Å². The summed E-state index contributed by atoms with van der Waals surface area (Å²) in [5.74, 6) is -0.153. The lowest BCUT2D eigenvalue weighted by molar-refractivity contribution is -0.122. The lowest BCUT2D eigenvalue weighted by Gasteiger charge is -2.12. The van der Waals surface area contributed by atoms with E-state index < -0.39 is 0 Å². The molecule has 5 heteroatoms. The molecule has 0 heterocycles. The molecule has 0 bridgehead atoms. The summed E-state index contributed by atoms with van der Waals surface area (Å²) >= 11 is 3.32. The highest BCUT2D eigenvalue weighted by Gasteiger charge is 2.10. The summed E-state index contributed by atoms with van der Waals surface area (Å²) in [6.45, 7) is 2.83. The monoisotopic (exact) mass is 316 g/mol. The summed E-state index contributed by atoms with van der Waals surface area (Å²) in [7, 11) is 0. The van der Waals surface area contributed by atoms with E-state index in [1.54, 1.807) is 6.07 Å². The molecule has 0 fully saturated rings. The number of amides is 1. The van der Waals surface area contributed by atoms with Gasteiger partial charge in [-0.15, -0.1) is 0 Å². The van der Waals surface area contributed by atoms with Crippen LogP contribution in [0.3, 0.4) is 0 Å². The summed E-state index contributed by atoms with van der Waals surface area (Å²) in [6, 6.07) is 4.41. The summed E-state index contributed by atoms with van der Waals surface area (Å²) in [6.07, 6.45) is 1.30. The topological polar surface area (TPSA) is 55.1 Å². The SMILES string of the molecule is CCC(CN)CC(=O)NCc1cc(F)ccc1Br. The number of hydrogen-bond acceptors (Lipinski definition) is 2. The normalized spacial score (nSPS) is 12.2. The molecular weight excluding hydrogens is 299 g/mol. The van der Waals surface area contributed by atoms with E-state index in [2.05, 4.69) is 21.2 Å². The Morgan fingerprint density at radius 2 is 2.28 bits per heavy atom. The van der Waals surface area contributed by atoms with Crippen molar-refractivity contribution in [2.24, 2.45) is 11.7 Å². The number of nitrogens with one attached hydrogen (secondary N) is 1. The smallest absolute Gasteiger partial charge is 0.220 e. The van der Waals surface area contributed by atoms with Crippen molar-refractivity contribution in [1.82, 2.24) is 5.32 Å². The summed E-state index contributed by atoms with van der Waals surface area (Å²) < 4.78 is 13.8. The van der Waals surface area contributed by atoms with Gasteiger partial charge in [-0.25, -0.2) is 4.39 Å². The van der Waals surface area contributed by atoms with E-state index in [0.717, 1.165) is 16.5 Å². The van der Waals surface area contributed by atoms with Crippen molar-refractivity contribution < 1.29 is 9.18 Å². The molecule has 0 spiro atoms. The molecular formula is C13H18BrFN2O. The van der Waals surface area contributed by atoms with Crippen molar-refractivity contribution >= 4 is 21.8 Å². The Morgan fingerprint density at radius 1 is 1.56 bits per heavy atom. The van der Waals surface area contributed by atoms with Crippen molar-refractivity contribution in [3.05, 3.63) is 34.1 Å². The Labute approximate surface area is 115 Å². The Hall–Kier alpha value is -0.940. The standard InChI is InChI=1S/C13H18BrFN2O/c1-2-9(7-16)5-13(18)17-8-10-6-11(15)3-4-12(10)14/h3-4,6,9H,2,5,7-8,16H2,1H3,(H,17,18). The molecule has 100 valence electrons. The van der Waals surface area contributed by atoms with Gasteiger partial charge in [-0.2, -0.15) is 0 Å². The second-order valence-electron chi connectivity index (χ2n) is 4.23. The lowest BCUT2D eigenvalue weighted by Crippen LogP contribution is -2.27. The zero-order chi connectivity index (χ0) is 13.5. The Kier molecular flexibility index (Phi) is 6.29. The number of benzene rings is 1. The van der Waals surface area contributed by atoms with Gasteiger partial charge < -0.3 is 11.1 Å². The molecule has 1 rings (SSSR count). The maximum Gasteiger partial charge on any atom is 0.220 e. The van der Waals surface area contributed by atoms with Crippen molar-refractivity contribution in [2.45, 2.75) is 26.3 Å². The van der Waals surface area contributed by atoms with E-state index in [1.807, 2.05) is 6.92 Å². The number of carbonyl (C=O) groups excluding carboxylic acids is 1. The zero-order valence-corrected chi connectivity index (χ0v) is 12.0. The molecule has 1 amide bonds. The predicted molar refractivity (Wildman–Crippen MR) is 73.4 cm³/mol. The van der Waals surface area contributed by atoms with Crippen molar-refractivity contribution in [1.29, 1.82) is 0 Å². The second kappa shape index (κ2) is 7.48. The summed E-state index contributed by atoms with van der Waals surface area (Å²) in [4.78, 5) is 11.7. The van der Waals surface area contributed by atoms with Gasteiger partial charge >= 0.3 is 0 Å². The first-order valence-corrected chi connectivity index (χ1v) is 6.76. The molecule has 0 saturated carbocycles. The van der Waals surface area contributed by atoms with E-state index in [1.165, 1.54) is 12.1 Å². The van der Waals surface area contributed by atoms with Crippen LogP contribution in [0.4, 0.5) is 4.39 Å². The molecule has 1 atom stereocenters. The predicted octanol–water partition coefficient (Wildman–Crippen LogP) is 2.58. The van der Waals surface area contributed by atoms with Gasteiger partial charge in [0.05, 0.1) is 0 Å². The first kappa shape index (κ1) is 15.1. The average molecular weight is 317 g/mol. The van der Waals surface area contributed by atoms with E-state index >= 15 is 0 Å². The van der Waals surface area contributed by atoms with Gasteiger partial charge in [0.25, 0.3) is 0 Å². The zero-order valence-electron chi connectivity index (χ0n) is 10.4. The quantitative estimate of drug-likeness (QED) is 0.847. The third-order valence-corrected chi connectivity index (χ3v) is 3.64. The van der Waals surface area contributed by atoms with Gasteiger partial charge in [0.2, 0.25) is 5.91 Å². The minimum Gasteiger partial charge on any atom is -0.352 e. The largest absolute Gasteiger partial charge is 0.352 e. The number of carbonyl (C=O) groups is 1. The molecule has 0 aliphatic rings. The minimum atomic E-state index is -0.309. The Morgan fingerprint density at radius 3 is 2.89 bits per heavy atom. The maximum atomic E-state index is 13.0. The molecule has 3 nitrogen and oxygen atoms in total. The van der Waals surface area contributed by atoms with Crippen LogP contribution < -0.4 is 11.1 Å². The first-order valence-electron chi connectivity index (χ1n) is 5.97. The molecule has 0 saturated heterocycles. The van der Waals surface area contributed by atoms with Gasteiger partial charge in [-0.3, -0.25) is 4.79 Å². The third-order valence-electron chi connectivity index (χ3n) is 2.87. The van der Waals surface area contributed by atoms with Gasteiger partial charge in [-0.1, -0.05) is 29.3 Å². The molecule has 18 heavy (non-hydrogen) atoms. The Balaban J connectivity index is 2.49. The van der Waals surface area contributed by atoms with Crippen LogP contribution in [0.25, 0.3) is 0 Å². The average Bonchev–Trinajstić information content (AvgIpc) is 2.37. The van der Waals surface area contributed by atoms with E-state index in [4.69, 9.17) is 5.73 Å². The molecule has 1 aromatic rings. The van der Waals surface area contributed by atoms with Crippen LogP contribution in [0.15, 0.2) is 22.7 Å². The molecule has 3 N–H and O–H groups in total. The molecule has 0 radical (unpaired) electrons. The molecule has 1 unspecified atom stereocenters. The summed E-state index contributed by atoms with van der Waals surface area (Å²) in [5, 5.41) is 2.77. The minimum absolute atomic E-state index is 0.0524. The fraction of sp³-hybridized carbons (Fsp3) is 0.462. The second-order valence-corrected chi connectivity index (χ2v) is 5.08. The van der Waals surface area contributed by atoms with E-state index in [-0.39, 0.29) is 17.6 Å². The highest BCUT2D eigenvalue weighted by atomic mass is 79.9. The number of hydrogen-bond donors (Lipinski definition) is 2. The van der Waals surface area contributed by atoms with Gasteiger partial charge in [-0.05, 0) is 36.2 Å². The van der Waals surface area contributed by atoms with Crippen LogP contribution in [-0.2, 0) is 11.3 Å². The number of rotatable bonds is 6. The van der Waals surface area contributed by atoms with Crippen LogP contribution in [0.1, 0.15) is 25.3 Å². The number of halogens is 2. The summed E-state index contributed by atoms with van der Waals surface area (Å²) in [5.41, 5.74) is 6.27. The molecule has 0 aromatic heterocycles. The van der Waals surface area contributed by atoms with Crippen LogP contribution in [0.2, 0.25) is 0 Å². The van der Waals surface area contributed by atoms with E-state index in [0.29, 0.717) is 19.5 Å². The highest BCUT2D eigenvalue weighted by molar-refractivity contribution is 9.10. The van der Waals surface area contributed by atoms with Gasteiger partial charge in [0.15, 0.2) is 0 Å². The van der Waals surface area contributed by atoms with Crippen LogP contribution in [0.5, 0.6) is 0 Å². The van der Waals surface area contributed by atoms with Crippen molar-refractivity contribution in [3.8, 4) is 0 Å². The van der Waals surface area contributed by atoms with Gasteiger partial charge in [0, 0.05) is 17.4 Å². The molecule has 1 aromatic carbocycles. The van der Waals surface area contributed by atoms with E-state index in [9.17, 15) is 9.18 Å². The lowest BCUT2D eigenvalue weighted by atomic mass is 10.0. The molecule has 0 aliphatic heterocycles. The van der Waals surface area contributed by atoms with Crippen LogP contribution >= 0.6 is 15.9 Å². The van der Waals surface area contributed by atoms with Crippen molar-refractivity contribution in [3.63, 3.8) is 0 Å². The van der Waals surface area contributed by atoms with Crippen LogP contribution in [0, 0.1) is 11.7 Å². The fourth-order valence-electron chi connectivity index (χ4n) is 1.60. The number of nitrogens with two attached hydrogens (primary N) is 1. The van der Waals surface area contributed by atoms with Crippen LogP contribution in [-0.4, -0.2) is 12.5 Å². The fourth-order valence-corrected chi connectivity index (χ4v) is 1.99. The Bertz CT molecular complexity index is 408. The van der Waals surface area contributed by atoms with Crippen molar-refractivity contribution in [2.75, 3.05) is 6.54 Å². The molecule has 0 aliphatic carbocycles. The first-order chi connectivity index (χ1) is 8.56. The maximum absolute atomic E-state index is 13.0. The highest BCUT2D eigenvalue weighted by Crippen LogP contribution is 2.17.